The van der Waals surface area contributed by atoms with Gasteiger partial charge in [-0.3, -0.25) is 0 Å². The van der Waals surface area contributed by atoms with Crippen molar-refractivity contribution in [2.24, 2.45) is 0 Å². The van der Waals surface area contributed by atoms with Crippen molar-refractivity contribution in [3.63, 3.8) is 0 Å². The predicted octanol–water partition coefficient (Wildman–Crippen LogP) is 1.29. The molecule has 1 N–H and O–H groups in total. The summed E-state index contributed by atoms with van der Waals surface area (Å²) in [5.74, 6) is -2.27. The first-order valence-electron chi connectivity index (χ1n) is 6.25. The molecule has 0 aromatic heterocycles. The van der Waals surface area contributed by atoms with Crippen LogP contribution in [0.1, 0.15) is 29.8 Å². The molecule has 118 valence electrons. The van der Waals surface area contributed by atoms with E-state index >= 15 is 0 Å². The topological polar surface area (TPSA) is 106 Å². The molecule has 0 spiro atoms. The van der Waals surface area contributed by atoms with Gasteiger partial charge in [-0.2, -0.15) is 0 Å². The molecule has 0 saturated heterocycles. The van der Waals surface area contributed by atoms with Crippen molar-refractivity contribution in [3.8, 4) is 0 Å². The Hall–Kier alpha value is -1.41. The van der Waals surface area contributed by atoms with Gasteiger partial charge in [-0.1, -0.05) is 6.07 Å². The zero-order chi connectivity index (χ0) is 16.4. The maximum Gasteiger partial charge on any atom is 0.335 e. The van der Waals surface area contributed by atoms with Crippen LogP contribution in [0, 0.1) is 6.92 Å². The highest BCUT2D eigenvalue weighted by Crippen LogP contribution is 2.18. The fourth-order valence-electron chi connectivity index (χ4n) is 1.60. The second kappa shape index (κ2) is 6.15. The quantitative estimate of drug-likeness (QED) is 0.840. The number of hydrogen-bond acceptors (Lipinski definition) is 5. The highest BCUT2D eigenvalue weighted by Gasteiger charge is 2.23. The number of hydrogen-bond donors (Lipinski definition) is 1. The van der Waals surface area contributed by atoms with Gasteiger partial charge in [0.15, 0.2) is 19.7 Å². The zero-order valence-corrected chi connectivity index (χ0v) is 13.7. The number of carboxylic acids is 1. The van der Waals surface area contributed by atoms with E-state index in [1.54, 1.807) is 6.92 Å². The Balaban J connectivity index is 3.10. The minimum atomic E-state index is -3.84. The largest absolute Gasteiger partial charge is 0.478 e. The van der Waals surface area contributed by atoms with Gasteiger partial charge >= 0.3 is 5.97 Å². The number of sulfone groups is 2. The zero-order valence-electron chi connectivity index (χ0n) is 12.0. The molecule has 0 fully saturated rings. The minimum Gasteiger partial charge on any atom is -0.478 e. The molecule has 1 aromatic carbocycles. The molecule has 0 saturated carbocycles. The Bertz CT molecular complexity index is 745. The third-order valence-corrected chi connectivity index (χ3v) is 7.34. The van der Waals surface area contributed by atoms with Crippen molar-refractivity contribution >= 4 is 25.6 Å². The summed E-state index contributed by atoms with van der Waals surface area (Å²) in [6.45, 7) is 4.52. The third kappa shape index (κ3) is 4.28. The Kier molecular flexibility index (Phi) is 5.16. The molecule has 0 aliphatic heterocycles. The van der Waals surface area contributed by atoms with Crippen LogP contribution in [0.15, 0.2) is 23.1 Å². The summed E-state index contributed by atoms with van der Waals surface area (Å²) in [7, 11) is -7.31. The number of carboxylic acid groups (broad SMARTS) is 1. The van der Waals surface area contributed by atoms with E-state index in [4.69, 9.17) is 5.11 Å². The fraction of sp³-hybridized carbons (Fsp3) is 0.462. The van der Waals surface area contributed by atoms with E-state index in [0.29, 0.717) is 5.56 Å². The first-order valence-corrected chi connectivity index (χ1v) is 9.62. The van der Waals surface area contributed by atoms with Crippen LogP contribution in [0.5, 0.6) is 0 Å². The second-order valence-corrected chi connectivity index (χ2v) is 9.80. The molecule has 0 unspecified atom stereocenters. The molecule has 0 bridgehead atoms. The second-order valence-electron chi connectivity index (χ2n) is 5.02. The molecular weight excluding hydrogens is 316 g/mol. The average Bonchev–Trinajstić information content (AvgIpc) is 2.36. The molecule has 0 aliphatic rings. The van der Waals surface area contributed by atoms with Crippen LogP contribution in [-0.4, -0.2) is 44.7 Å². The van der Waals surface area contributed by atoms with Crippen molar-refractivity contribution < 1.29 is 26.7 Å². The van der Waals surface area contributed by atoms with Gasteiger partial charge in [0.25, 0.3) is 0 Å². The molecular formula is C13H18O6S2. The monoisotopic (exact) mass is 334 g/mol. The number of aryl methyl sites for hydroxylation is 1. The molecule has 6 nitrogen and oxygen atoms in total. The molecule has 0 atom stereocenters. The molecule has 21 heavy (non-hydrogen) atoms. The SMILES string of the molecule is Cc1ccc(S(=O)(=O)CCS(=O)(=O)C(C)C)cc1C(=O)O. The lowest BCUT2D eigenvalue weighted by atomic mass is 10.1. The van der Waals surface area contributed by atoms with Gasteiger partial charge in [-0.25, -0.2) is 21.6 Å². The van der Waals surface area contributed by atoms with Crippen LogP contribution in [-0.2, 0) is 19.7 Å². The smallest absolute Gasteiger partial charge is 0.335 e. The summed E-state index contributed by atoms with van der Waals surface area (Å²) >= 11 is 0. The van der Waals surface area contributed by atoms with Gasteiger partial charge in [-0.05, 0) is 38.5 Å². The number of benzene rings is 1. The van der Waals surface area contributed by atoms with Crippen LogP contribution in [0.25, 0.3) is 0 Å². The lowest BCUT2D eigenvalue weighted by molar-refractivity contribution is 0.0696. The van der Waals surface area contributed by atoms with E-state index in [-0.39, 0.29) is 10.5 Å². The first kappa shape index (κ1) is 17.6. The highest BCUT2D eigenvalue weighted by molar-refractivity contribution is 7.95. The van der Waals surface area contributed by atoms with Gasteiger partial charge in [0.2, 0.25) is 0 Å². The van der Waals surface area contributed by atoms with Gasteiger partial charge in [-0.15, -0.1) is 0 Å². The van der Waals surface area contributed by atoms with E-state index in [2.05, 4.69) is 0 Å². The van der Waals surface area contributed by atoms with Crippen LogP contribution in [0.3, 0.4) is 0 Å². The minimum absolute atomic E-state index is 0.109. The molecule has 0 aliphatic carbocycles. The standard InChI is InChI=1S/C13H18O6S2/c1-9(2)20(16,17)6-7-21(18,19)11-5-4-10(3)12(8-11)13(14)15/h4-5,8-9H,6-7H2,1-3H3,(H,14,15). The van der Waals surface area contributed by atoms with E-state index in [9.17, 15) is 21.6 Å². The normalized spacial score (nSPS) is 12.6. The molecule has 1 aromatic rings. The summed E-state index contributed by atoms with van der Waals surface area (Å²) < 4.78 is 47.6. The first-order chi connectivity index (χ1) is 9.47. The molecule has 8 heteroatoms. The summed E-state index contributed by atoms with van der Waals surface area (Å²) in [5, 5.41) is 8.34. The van der Waals surface area contributed by atoms with Gasteiger partial charge < -0.3 is 5.11 Å². The van der Waals surface area contributed by atoms with Crippen molar-refractivity contribution in [1.29, 1.82) is 0 Å². The van der Waals surface area contributed by atoms with E-state index in [1.807, 2.05) is 0 Å². The molecule has 1 rings (SSSR count). The van der Waals surface area contributed by atoms with E-state index in [1.165, 1.54) is 26.0 Å². The highest BCUT2D eigenvalue weighted by atomic mass is 32.2. The van der Waals surface area contributed by atoms with Crippen LogP contribution in [0.4, 0.5) is 0 Å². The lowest BCUT2D eigenvalue weighted by Crippen LogP contribution is -2.23. The Morgan fingerprint density at radius 1 is 1.14 bits per heavy atom. The maximum atomic E-state index is 12.1. The molecule has 0 radical (unpaired) electrons. The maximum absolute atomic E-state index is 12.1. The van der Waals surface area contributed by atoms with Crippen molar-refractivity contribution in [2.45, 2.75) is 30.9 Å². The lowest BCUT2D eigenvalue weighted by Gasteiger charge is -2.09. The average molecular weight is 334 g/mol. The van der Waals surface area contributed by atoms with E-state index < -0.39 is 42.4 Å². The van der Waals surface area contributed by atoms with E-state index in [0.717, 1.165) is 6.07 Å². The number of carbonyl (C=O) groups is 1. The third-order valence-electron chi connectivity index (χ3n) is 3.15. The Labute approximate surface area is 124 Å². The van der Waals surface area contributed by atoms with Crippen LogP contribution in [0.2, 0.25) is 0 Å². The van der Waals surface area contributed by atoms with Gasteiger partial charge in [0, 0.05) is 0 Å². The van der Waals surface area contributed by atoms with Crippen molar-refractivity contribution in [1.82, 2.24) is 0 Å². The van der Waals surface area contributed by atoms with Gasteiger partial charge in [0.05, 0.1) is 27.2 Å². The summed E-state index contributed by atoms with van der Waals surface area (Å²) in [5.41, 5.74) is 0.332. The molecule has 0 amide bonds. The number of aromatic carboxylic acids is 1. The van der Waals surface area contributed by atoms with Crippen molar-refractivity contribution in [3.05, 3.63) is 29.3 Å². The molecule has 0 heterocycles. The Morgan fingerprint density at radius 3 is 2.19 bits per heavy atom. The van der Waals surface area contributed by atoms with Crippen LogP contribution < -0.4 is 0 Å². The van der Waals surface area contributed by atoms with Gasteiger partial charge in [0.1, 0.15) is 0 Å². The predicted molar refractivity (Wildman–Crippen MR) is 79.1 cm³/mol. The summed E-state index contributed by atoms with van der Waals surface area (Å²) in [6.07, 6.45) is 0. The Morgan fingerprint density at radius 2 is 1.71 bits per heavy atom. The summed E-state index contributed by atoms with van der Waals surface area (Å²) in [6, 6.07) is 3.75. The van der Waals surface area contributed by atoms with Crippen molar-refractivity contribution in [2.75, 3.05) is 11.5 Å². The number of rotatable bonds is 6. The summed E-state index contributed by atoms with van der Waals surface area (Å²) in [4.78, 5) is 10.8. The van der Waals surface area contributed by atoms with Crippen LogP contribution >= 0.6 is 0 Å². The fourth-order valence-corrected chi connectivity index (χ4v) is 4.69.